The molecule has 1 rings (SSSR count). The van der Waals surface area contributed by atoms with Crippen molar-refractivity contribution in [2.24, 2.45) is 23.7 Å². The van der Waals surface area contributed by atoms with Crippen LogP contribution < -0.4 is 0 Å². The van der Waals surface area contributed by atoms with Crippen LogP contribution in [0.5, 0.6) is 0 Å². The molecule has 5 unspecified atom stereocenters. The van der Waals surface area contributed by atoms with E-state index in [1.54, 1.807) is 0 Å². The summed E-state index contributed by atoms with van der Waals surface area (Å²) in [6, 6.07) is 0. The molecule has 0 aliphatic heterocycles. The van der Waals surface area contributed by atoms with E-state index in [2.05, 4.69) is 54.7 Å². The van der Waals surface area contributed by atoms with Crippen LogP contribution in [0.2, 0.25) is 0 Å². The molecule has 1 aliphatic rings. The first-order valence-electron chi connectivity index (χ1n) is 9.56. The molecule has 0 spiro atoms. The van der Waals surface area contributed by atoms with E-state index in [-0.39, 0.29) is 5.60 Å². The maximum Gasteiger partial charge on any atom is 0.0598 e. The van der Waals surface area contributed by atoms with Gasteiger partial charge in [-0.1, -0.05) is 51.2 Å². The Morgan fingerprint density at radius 1 is 0.826 bits per heavy atom. The van der Waals surface area contributed by atoms with Gasteiger partial charge < -0.3 is 4.74 Å². The fourth-order valence-electron chi connectivity index (χ4n) is 4.28. The van der Waals surface area contributed by atoms with Gasteiger partial charge in [-0.2, -0.15) is 9.24 Å². The minimum absolute atomic E-state index is 0.000988. The first-order chi connectivity index (χ1) is 10.5. The van der Waals surface area contributed by atoms with Crippen LogP contribution >= 0.6 is 19.9 Å². The van der Waals surface area contributed by atoms with Crippen molar-refractivity contribution >= 4 is 19.9 Å². The van der Waals surface area contributed by atoms with E-state index in [0.29, 0.717) is 0 Å². The molecule has 0 aromatic heterocycles. The lowest BCUT2D eigenvalue weighted by Gasteiger charge is -2.40. The van der Waals surface area contributed by atoms with Crippen molar-refractivity contribution in [3.63, 3.8) is 0 Å². The lowest BCUT2D eigenvalue weighted by molar-refractivity contribution is -0.00470. The predicted molar refractivity (Wildman–Crippen MR) is 109 cm³/mol. The normalized spacial score (nSPS) is 36.0. The van der Waals surface area contributed by atoms with E-state index in [0.717, 1.165) is 35.5 Å². The summed E-state index contributed by atoms with van der Waals surface area (Å²) in [7, 11) is 6.12. The molecule has 0 bridgehead atoms. The van der Waals surface area contributed by atoms with Gasteiger partial charge in [0.15, 0.2) is 0 Å². The zero-order valence-corrected chi connectivity index (χ0v) is 18.4. The maximum atomic E-state index is 7.12. The molecule has 0 aromatic rings. The quantitative estimate of drug-likeness (QED) is 0.426. The summed E-state index contributed by atoms with van der Waals surface area (Å²) in [4.78, 5) is 0. The zero-order valence-electron chi connectivity index (χ0n) is 16.8. The molecular weight excluding hydrogens is 324 g/mol. The average Bonchev–Trinajstić information content (AvgIpc) is 2.61. The number of rotatable bonds is 8. The molecule has 0 heterocycles. The standard InChI is InChI=1S/C20H41ClOS/c1-15-16(2)18(4)19(17(15)3)23(8,21)14-12-10-9-11-13-22-20(5,6)7/h15-19H,9-14H2,1-8H3. The first kappa shape index (κ1) is 21.6. The molecule has 140 valence electrons. The maximum absolute atomic E-state index is 7.12. The van der Waals surface area contributed by atoms with E-state index in [9.17, 15) is 0 Å². The fraction of sp³-hybridized carbons (Fsp3) is 1.00. The summed E-state index contributed by atoms with van der Waals surface area (Å²) in [5.41, 5.74) is 0.000988. The van der Waals surface area contributed by atoms with Crippen molar-refractivity contribution in [2.45, 2.75) is 85.0 Å². The van der Waals surface area contributed by atoms with Gasteiger partial charge in [0.25, 0.3) is 0 Å². The van der Waals surface area contributed by atoms with Gasteiger partial charge >= 0.3 is 0 Å². The van der Waals surface area contributed by atoms with E-state index in [1.807, 2.05) is 0 Å². The lowest BCUT2D eigenvalue weighted by Crippen LogP contribution is -2.25. The van der Waals surface area contributed by atoms with Crippen LogP contribution in [-0.4, -0.2) is 29.5 Å². The van der Waals surface area contributed by atoms with Gasteiger partial charge in [0.05, 0.1) is 5.60 Å². The molecule has 1 aliphatic carbocycles. The van der Waals surface area contributed by atoms with Gasteiger partial charge in [0.1, 0.15) is 0 Å². The Bertz CT molecular complexity index is 336. The van der Waals surface area contributed by atoms with E-state index in [1.165, 1.54) is 31.4 Å². The van der Waals surface area contributed by atoms with Gasteiger partial charge in [-0.15, -0.1) is 0 Å². The van der Waals surface area contributed by atoms with Gasteiger partial charge in [-0.25, -0.2) is 0 Å². The van der Waals surface area contributed by atoms with Gasteiger partial charge in [0.2, 0.25) is 0 Å². The Hall–Kier alpha value is 0.600. The van der Waals surface area contributed by atoms with Crippen molar-refractivity contribution in [1.29, 1.82) is 0 Å². The third-order valence-electron chi connectivity index (χ3n) is 6.06. The highest BCUT2D eigenvalue weighted by Gasteiger charge is 2.47. The summed E-state index contributed by atoms with van der Waals surface area (Å²) >= 11 is 0. The van der Waals surface area contributed by atoms with Gasteiger partial charge in [0, 0.05) is 11.9 Å². The Kier molecular flexibility index (Phi) is 8.29. The Morgan fingerprint density at radius 3 is 1.78 bits per heavy atom. The molecule has 0 N–H and O–H groups in total. The summed E-state index contributed by atoms with van der Waals surface area (Å²) in [6.07, 6.45) is 7.40. The molecule has 0 saturated heterocycles. The monoisotopic (exact) mass is 364 g/mol. The fourth-order valence-corrected chi connectivity index (χ4v) is 8.91. The van der Waals surface area contributed by atoms with Crippen LogP contribution in [0, 0.1) is 23.7 Å². The number of halogens is 1. The number of hydrogen-bond donors (Lipinski definition) is 0. The topological polar surface area (TPSA) is 9.23 Å². The van der Waals surface area contributed by atoms with Crippen molar-refractivity contribution in [2.75, 3.05) is 18.6 Å². The molecule has 1 saturated carbocycles. The lowest BCUT2D eigenvalue weighted by atomic mass is 9.92. The summed E-state index contributed by atoms with van der Waals surface area (Å²) in [6.45, 7) is 17.0. The van der Waals surface area contributed by atoms with Crippen LogP contribution in [-0.2, 0) is 4.74 Å². The largest absolute Gasteiger partial charge is 0.376 e. The SMILES string of the molecule is CC1C(C)C(C)C(S(C)(Cl)CCCCCCOC(C)(C)C)C1C. The van der Waals surface area contributed by atoms with Crippen LogP contribution in [0.15, 0.2) is 0 Å². The van der Waals surface area contributed by atoms with Crippen LogP contribution in [0.4, 0.5) is 0 Å². The first-order valence-corrected chi connectivity index (χ1v) is 12.7. The summed E-state index contributed by atoms with van der Waals surface area (Å²) < 4.78 is 5.79. The molecular formula is C20H41ClOS. The van der Waals surface area contributed by atoms with Crippen LogP contribution in [0.1, 0.15) is 74.1 Å². The van der Waals surface area contributed by atoms with Gasteiger partial charge in [-0.05, 0) is 69.3 Å². The minimum atomic E-state index is -0.999. The average molecular weight is 365 g/mol. The number of ether oxygens (including phenoxy) is 1. The number of unbranched alkanes of at least 4 members (excludes halogenated alkanes) is 3. The second-order valence-corrected chi connectivity index (χ2v) is 14.2. The molecule has 23 heavy (non-hydrogen) atoms. The summed E-state index contributed by atoms with van der Waals surface area (Å²) in [5.74, 6) is 4.41. The molecule has 3 heteroatoms. The third kappa shape index (κ3) is 6.44. The molecule has 0 amide bonds. The highest BCUT2D eigenvalue weighted by atomic mass is 35.7. The van der Waals surface area contributed by atoms with Crippen molar-refractivity contribution < 1.29 is 4.74 Å². The predicted octanol–water partition coefficient (Wildman–Crippen LogP) is 6.88. The molecule has 0 radical (unpaired) electrons. The van der Waals surface area contributed by atoms with Crippen molar-refractivity contribution in [3.05, 3.63) is 0 Å². The molecule has 5 atom stereocenters. The Balaban J connectivity index is 2.31. The van der Waals surface area contributed by atoms with Gasteiger partial charge in [-0.3, -0.25) is 0 Å². The smallest absolute Gasteiger partial charge is 0.0598 e. The Labute approximate surface area is 152 Å². The molecule has 1 fully saturated rings. The van der Waals surface area contributed by atoms with E-state index in [4.69, 9.17) is 15.4 Å². The van der Waals surface area contributed by atoms with E-state index < -0.39 is 9.24 Å². The minimum Gasteiger partial charge on any atom is -0.376 e. The zero-order chi connectivity index (χ0) is 17.8. The van der Waals surface area contributed by atoms with Crippen LogP contribution in [0.25, 0.3) is 0 Å². The van der Waals surface area contributed by atoms with Crippen molar-refractivity contribution in [1.82, 2.24) is 0 Å². The molecule has 1 nitrogen and oxygen atoms in total. The second kappa shape index (κ2) is 8.81. The molecule has 0 aromatic carbocycles. The third-order valence-corrected chi connectivity index (χ3v) is 10.2. The highest BCUT2D eigenvalue weighted by molar-refractivity contribution is 8.51. The van der Waals surface area contributed by atoms with Crippen molar-refractivity contribution in [3.8, 4) is 0 Å². The summed E-state index contributed by atoms with van der Waals surface area (Å²) in [5, 5.41) is 0.735. The Morgan fingerprint density at radius 2 is 1.30 bits per heavy atom. The van der Waals surface area contributed by atoms with Crippen LogP contribution in [0.3, 0.4) is 0 Å². The van der Waals surface area contributed by atoms with E-state index >= 15 is 0 Å². The second-order valence-electron chi connectivity index (χ2n) is 9.02. The highest BCUT2D eigenvalue weighted by Crippen LogP contribution is 2.64. The number of hydrogen-bond acceptors (Lipinski definition) is 1.